The van der Waals surface area contributed by atoms with E-state index in [4.69, 9.17) is 16.2 Å². The summed E-state index contributed by atoms with van der Waals surface area (Å²) in [7, 11) is 0. The van der Waals surface area contributed by atoms with Gasteiger partial charge in [-0.1, -0.05) is 60.7 Å². The van der Waals surface area contributed by atoms with E-state index in [1.807, 2.05) is 36.4 Å². The van der Waals surface area contributed by atoms with Crippen LogP contribution in [-0.2, 0) is 6.42 Å². The fraction of sp³-hybridized carbons (Fsp3) is 0.0952. The second kappa shape index (κ2) is 7.11. The van der Waals surface area contributed by atoms with Crippen LogP contribution >= 0.6 is 0 Å². The second-order valence-corrected chi connectivity index (χ2v) is 5.79. The average Bonchev–Trinajstić information content (AvgIpc) is 2.60. The summed E-state index contributed by atoms with van der Waals surface area (Å²) in [6.07, 6.45) is 4.83. The minimum atomic E-state index is 0.0867. The monoisotopic (exact) mass is 316 g/mol. The highest BCUT2D eigenvalue weighted by molar-refractivity contribution is 5.99. The molecule has 0 bridgehead atoms. The Balaban J connectivity index is 1.86. The van der Waals surface area contributed by atoms with Crippen LogP contribution < -0.4 is 5.73 Å². The summed E-state index contributed by atoms with van der Waals surface area (Å²) in [5, 5.41) is 18.7. The fourth-order valence-electron chi connectivity index (χ4n) is 2.71. The largest absolute Gasteiger partial charge is 0.396 e. The van der Waals surface area contributed by atoms with Gasteiger partial charge in [-0.3, -0.25) is 5.41 Å². The molecule has 0 saturated heterocycles. The molecule has 0 aromatic heterocycles. The normalized spacial score (nSPS) is 11.2. The molecule has 0 spiro atoms. The predicted octanol–water partition coefficient (Wildman–Crippen LogP) is 3.83. The van der Waals surface area contributed by atoms with E-state index in [0.29, 0.717) is 6.42 Å². The van der Waals surface area contributed by atoms with E-state index in [2.05, 4.69) is 36.4 Å². The number of amidine groups is 1. The van der Waals surface area contributed by atoms with Crippen molar-refractivity contribution < 1.29 is 5.11 Å². The molecule has 0 unspecified atom stereocenters. The van der Waals surface area contributed by atoms with Crippen LogP contribution in [0.15, 0.2) is 60.7 Å². The molecule has 0 aliphatic carbocycles. The lowest BCUT2D eigenvalue weighted by atomic mass is 10.0. The van der Waals surface area contributed by atoms with Crippen molar-refractivity contribution in [3.05, 3.63) is 82.9 Å². The molecule has 0 aliphatic heterocycles. The Morgan fingerprint density at radius 1 is 0.917 bits per heavy atom. The molecule has 0 saturated carbocycles. The van der Waals surface area contributed by atoms with Crippen LogP contribution in [0.3, 0.4) is 0 Å². The van der Waals surface area contributed by atoms with Crippen molar-refractivity contribution in [2.45, 2.75) is 6.42 Å². The smallest absolute Gasteiger partial charge is 0.122 e. The lowest BCUT2D eigenvalue weighted by Crippen LogP contribution is -2.10. The van der Waals surface area contributed by atoms with E-state index >= 15 is 0 Å². The van der Waals surface area contributed by atoms with Gasteiger partial charge in [-0.05, 0) is 46.0 Å². The number of fused-ring (bicyclic) bond motifs is 1. The van der Waals surface area contributed by atoms with Gasteiger partial charge in [-0.2, -0.15) is 0 Å². The zero-order valence-corrected chi connectivity index (χ0v) is 13.4. The van der Waals surface area contributed by atoms with Crippen molar-refractivity contribution in [2.75, 3.05) is 6.61 Å². The fourth-order valence-corrected chi connectivity index (χ4v) is 2.71. The second-order valence-electron chi connectivity index (χ2n) is 5.79. The molecule has 120 valence electrons. The van der Waals surface area contributed by atoms with Crippen LogP contribution in [0, 0.1) is 5.41 Å². The van der Waals surface area contributed by atoms with Crippen molar-refractivity contribution in [3.63, 3.8) is 0 Å². The summed E-state index contributed by atoms with van der Waals surface area (Å²) in [6, 6.07) is 20.2. The number of hydrogen-bond acceptors (Lipinski definition) is 2. The molecule has 0 fully saturated rings. The SMILES string of the molecule is N=C(N)c1ccc2cc(/C=C/c3cccc(CCO)c3)ccc2c1. The first-order valence-corrected chi connectivity index (χ1v) is 7.92. The highest BCUT2D eigenvalue weighted by Gasteiger charge is 2.00. The predicted molar refractivity (Wildman–Crippen MR) is 101 cm³/mol. The van der Waals surface area contributed by atoms with Gasteiger partial charge in [0.2, 0.25) is 0 Å². The van der Waals surface area contributed by atoms with Gasteiger partial charge in [0.1, 0.15) is 5.84 Å². The van der Waals surface area contributed by atoms with Crippen LogP contribution in [0.1, 0.15) is 22.3 Å². The van der Waals surface area contributed by atoms with Crippen LogP contribution in [-0.4, -0.2) is 17.5 Å². The molecule has 3 nitrogen and oxygen atoms in total. The topological polar surface area (TPSA) is 70.1 Å². The Morgan fingerprint density at radius 3 is 2.38 bits per heavy atom. The zero-order chi connectivity index (χ0) is 16.9. The molecule has 4 N–H and O–H groups in total. The van der Waals surface area contributed by atoms with Crippen LogP contribution in [0.4, 0.5) is 0 Å². The van der Waals surface area contributed by atoms with Gasteiger partial charge in [0.15, 0.2) is 0 Å². The maximum Gasteiger partial charge on any atom is 0.122 e. The van der Waals surface area contributed by atoms with E-state index in [1.165, 1.54) is 0 Å². The lowest BCUT2D eigenvalue weighted by molar-refractivity contribution is 0.299. The maximum atomic E-state index is 9.03. The van der Waals surface area contributed by atoms with Gasteiger partial charge >= 0.3 is 0 Å². The number of benzene rings is 3. The summed E-state index contributed by atoms with van der Waals surface area (Å²) in [5.41, 5.74) is 9.65. The number of nitrogens with one attached hydrogen (secondary N) is 1. The van der Waals surface area contributed by atoms with Crippen molar-refractivity contribution >= 4 is 28.8 Å². The number of nitrogens with two attached hydrogens (primary N) is 1. The van der Waals surface area contributed by atoms with Gasteiger partial charge in [0.05, 0.1) is 0 Å². The summed E-state index contributed by atoms with van der Waals surface area (Å²) in [6.45, 7) is 0.167. The molecular weight excluding hydrogens is 296 g/mol. The van der Waals surface area contributed by atoms with Gasteiger partial charge in [0, 0.05) is 12.2 Å². The van der Waals surface area contributed by atoms with E-state index in [0.717, 1.165) is 33.0 Å². The molecule has 3 rings (SSSR count). The molecule has 0 radical (unpaired) electrons. The Kier molecular flexibility index (Phi) is 4.73. The average molecular weight is 316 g/mol. The minimum Gasteiger partial charge on any atom is -0.396 e. The number of aliphatic hydroxyl groups excluding tert-OH is 1. The van der Waals surface area contributed by atoms with E-state index in [-0.39, 0.29) is 12.4 Å². The van der Waals surface area contributed by atoms with E-state index < -0.39 is 0 Å². The van der Waals surface area contributed by atoms with Gasteiger partial charge in [-0.25, -0.2) is 0 Å². The van der Waals surface area contributed by atoms with Crippen molar-refractivity contribution in [1.82, 2.24) is 0 Å². The van der Waals surface area contributed by atoms with E-state index in [9.17, 15) is 0 Å². The highest BCUT2D eigenvalue weighted by Crippen LogP contribution is 2.19. The first kappa shape index (κ1) is 16.0. The zero-order valence-electron chi connectivity index (χ0n) is 13.4. The van der Waals surface area contributed by atoms with Crippen LogP contribution in [0.2, 0.25) is 0 Å². The molecule has 24 heavy (non-hydrogen) atoms. The third-order valence-electron chi connectivity index (χ3n) is 4.00. The summed E-state index contributed by atoms with van der Waals surface area (Å²) >= 11 is 0. The van der Waals surface area contributed by atoms with Crippen LogP contribution in [0.5, 0.6) is 0 Å². The molecule has 0 aliphatic rings. The van der Waals surface area contributed by atoms with Crippen molar-refractivity contribution in [2.24, 2.45) is 5.73 Å². The Labute approximate surface area is 141 Å². The Morgan fingerprint density at radius 2 is 1.62 bits per heavy atom. The van der Waals surface area contributed by atoms with Gasteiger partial charge in [-0.15, -0.1) is 0 Å². The number of rotatable bonds is 5. The first-order valence-electron chi connectivity index (χ1n) is 7.92. The molecular formula is C21H20N2O. The lowest BCUT2D eigenvalue weighted by Gasteiger charge is -2.04. The Bertz CT molecular complexity index is 913. The highest BCUT2D eigenvalue weighted by atomic mass is 16.2. The van der Waals surface area contributed by atoms with Crippen molar-refractivity contribution in [1.29, 1.82) is 5.41 Å². The molecule has 0 heterocycles. The van der Waals surface area contributed by atoms with E-state index in [1.54, 1.807) is 0 Å². The molecule has 0 amide bonds. The molecule has 3 aromatic rings. The van der Waals surface area contributed by atoms with Gasteiger partial charge < -0.3 is 10.8 Å². The minimum absolute atomic E-state index is 0.0867. The molecule has 3 aromatic carbocycles. The third kappa shape index (κ3) is 3.70. The van der Waals surface area contributed by atoms with Crippen molar-refractivity contribution in [3.8, 4) is 0 Å². The Hall–Kier alpha value is -2.91. The third-order valence-corrected chi connectivity index (χ3v) is 4.00. The van der Waals surface area contributed by atoms with Crippen LogP contribution in [0.25, 0.3) is 22.9 Å². The molecule has 3 heteroatoms. The van der Waals surface area contributed by atoms with Gasteiger partial charge in [0.25, 0.3) is 0 Å². The summed E-state index contributed by atoms with van der Waals surface area (Å²) < 4.78 is 0. The molecule has 0 atom stereocenters. The number of hydrogen-bond donors (Lipinski definition) is 3. The summed E-state index contributed by atoms with van der Waals surface area (Å²) in [4.78, 5) is 0. The quantitative estimate of drug-likeness (QED) is 0.380. The number of aliphatic hydroxyl groups is 1. The number of nitrogen functional groups attached to an aromatic ring is 1. The summed E-state index contributed by atoms with van der Waals surface area (Å²) in [5.74, 6) is 0.0867. The maximum absolute atomic E-state index is 9.03. The standard InChI is InChI=1S/C21H20N2O/c22-21(23)20-9-8-18-13-17(6-7-19(18)14-20)5-4-15-2-1-3-16(12-15)10-11-24/h1-9,12-14,24H,10-11H2,(H3,22,23)/b5-4+. The first-order chi connectivity index (χ1) is 11.7.